The van der Waals surface area contributed by atoms with Gasteiger partial charge < -0.3 is 15.0 Å². The summed E-state index contributed by atoms with van der Waals surface area (Å²) >= 11 is 3.56. The first kappa shape index (κ1) is 12.6. The van der Waals surface area contributed by atoms with Crippen LogP contribution in [0.2, 0.25) is 0 Å². The van der Waals surface area contributed by atoms with E-state index < -0.39 is 0 Å². The maximum Gasteiger partial charge on any atom is 0.148 e. The Morgan fingerprint density at radius 2 is 2.29 bits per heavy atom. The fourth-order valence-corrected chi connectivity index (χ4v) is 2.40. The van der Waals surface area contributed by atoms with Crippen molar-refractivity contribution in [2.45, 2.75) is 18.9 Å². The first-order chi connectivity index (χ1) is 8.27. The van der Waals surface area contributed by atoms with E-state index in [0.717, 1.165) is 22.7 Å². The summed E-state index contributed by atoms with van der Waals surface area (Å²) in [5, 5.41) is 3.05. The minimum atomic E-state index is 0.598. The normalized spacial score (nSPS) is 14.8. The number of hydrogen-bond acceptors (Lipinski definition) is 5. The standard InChI is InChI=1S/C11H17BrN4O/c1-13-10-9(12)11(15-7-14-10)16(5-6-17-2)8-3-4-8/h7-8H,3-6H2,1-2H3,(H,13,14,15). The minimum absolute atomic E-state index is 0.598. The summed E-state index contributed by atoms with van der Waals surface area (Å²) < 4.78 is 6.07. The fraction of sp³-hybridized carbons (Fsp3) is 0.636. The zero-order valence-corrected chi connectivity index (χ0v) is 11.7. The van der Waals surface area contributed by atoms with Crippen LogP contribution < -0.4 is 10.2 Å². The van der Waals surface area contributed by atoms with Crippen LogP contribution in [-0.2, 0) is 4.74 Å². The molecule has 0 aromatic carbocycles. The van der Waals surface area contributed by atoms with Gasteiger partial charge in [0.15, 0.2) is 0 Å². The first-order valence-electron chi connectivity index (χ1n) is 5.71. The Labute approximate surface area is 110 Å². The number of aromatic nitrogens is 2. The second-order valence-corrected chi connectivity index (χ2v) is 4.82. The zero-order chi connectivity index (χ0) is 12.3. The second kappa shape index (κ2) is 5.64. The van der Waals surface area contributed by atoms with E-state index in [9.17, 15) is 0 Å². The molecule has 0 spiro atoms. The molecule has 17 heavy (non-hydrogen) atoms. The van der Waals surface area contributed by atoms with Gasteiger partial charge in [-0.15, -0.1) is 0 Å². The minimum Gasteiger partial charge on any atom is -0.383 e. The predicted molar refractivity (Wildman–Crippen MR) is 71.5 cm³/mol. The highest BCUT2D eigenvalue weighted by molar-refractivity contribution is 9.10. The molecule has 0 saturated heterocycles. The topological polar surface area (TPSA) is 50.3 Å². The smallest absolute Gasteiger partial charge is 0.148 e. The Morgan fingerprint density at radius 1 is 1.53 bits per heavy atom. The van der Waals surface area contributed by atoms with Gasteiger partial charge in [-0.2, -0.15) is 0 Å². The van der Waals surface area contributed by atoms with Crippen LogP contribution in [0.3, 0.4) is 0 Å². The van der Waals surface area contributed by atoms with Crippen molar-refractivity contribution in [3.05, 3.63) is 10.8 Å². The Balaban J connectivity index is 2.22. The van der Waals surface area contributed by atoms with E-state index in [4.69, 9.17) is 4.74 Å². The van der Waals surface area contributed by atoms with E-state index in [1.54, 1.807) is 13.4 Å². The van der Waals surface area contributed by atoms with Gasteiger partial charge in [0, 0.05) is 26.7 Å². The van der Waals surface area contributed by atoms with Crippen LogP contribution in [0.1, 0.15) is 12.8 Å². The van der Waals surface area contributed by atoms with E-state index in [1.807, 2.05) is 7.05 Å². The van der Waals surface area contributed by atoms with E-state index in [0.29, 0.717) is 12.6 Å². The zero-order valence-electron chi connectivity index (χ0n) is 10.1. The fourth-order valence-electron chi connectivity index (χ4n) is 1.77. The number of halogens is 1. The van der Waals surface area contributed by atoms with Gasteiger partial charge in [0.25, 0.3) is 0 Å². The summed E-state index contributed by atoms with van der Waals surface area (Å²) in [5.74, 6) is 1.77. The van der Waals surface area contributed by atoms with Crippen LogP contribution in [0, 0.1) is 0 Å². The summed E-state index contributed by atoms with van der Waals surface area (Å²) in [5.41, 5.74) is 0. The lowest BCUT2D eigenvalue weighted by molar-refractivity contribution is 0.204. The average Bonchev–Trinajstić information content (AvgIpc) is 3.16. The molecule has 0 amide bonds. The number of nitrogens with zero attached hydrogens (tertiary/aromatic N) is 3. The van der Waals surface area contributed by atoms with Crippen molar-refractivity contribution in [3.8, 4) is 0 Å². The van der Waals surface area contributed by atoms with Gasteiger partial charge in [0.2, 0.25) is 0 Å². The Morgan fingerprint density at radius 3 is 2.88 bits per heavy atom. The SMILES string of the molecule is CNc1ncnc(N(CCOC)C2CC2)c1Br. The third kappa shape index (κ3) is 2.87. The van der Waals surface area contributed by atoms with Crippen LogP contribution in [0.5, 0.6) is 0 Å². The first-order valence-corrected chi connectivity index (χ1v) is 6.51. The van der Waals surface area contributed by atoms with Crippen LogP contribution in [0.4, 0.5) is 11.6 Å². The molecule has 2 rings (SSSR count). The van der Waals surface area contributed by atoms with Crippen molar-refractivity contribution >= 4 is 27.6 Å². The number of ether oxygens (including phenoxy) is 1. The van der Waals surface area contributed by atoms with Crippen LogP contribution in [0.15, 0.2) is 10.8 Å². The molecule has 1 aliphatic carbocycles. The van der Waals surface area contributed by atoms with Crippen molar-refractivity contribution < 1.29 is 4.74 Å². The molecule has 94 valence electrons. The molecule has 1 heterocycles. The number of rotatable bonds is 6. The largest absolute Gasteiger partial charge is 0.383 e. The second-order valence-electron chi connectivity index (χ2n) is 4.03. The van der Waals surface area contributed by atoms with E-state index >= 15 is 0 Å². The summed E-state index contributed by atoms with van der Waals surface area (Å²) in [7, 11) is 3.58. The van der Waals surface area contributed by atoms with E-state index in [-0.39, 0.29) is 0 Å². The van der Waals surface area contributed by atoms with Crippen molar-refractivity contribution in [1.29, 1.82) is 0 Å². The molecule has 0 aliphatic heterocycles. The summed E-state index contributed by atoms with van der Waals surface area (Å²) in [6, 6.07) is 0.598. The third-order valence-electron chi connectivity index (χ3n) is 2.80. The van der Waals surface area contributed by atoms with Crippen LogP contribution in [-0.4, -0.2) is 43.3 Å². The molecule has 1 aliphatic rings. The highest BCUT2D eigenvalue weighted by atomic mass is 79.9. The summed E-state index contributed by atoms with van der Waals surface area (Å²) in [6.45, 7) is 1.57. The Hall–Kier alpha value is -0.880. The molecule has 1 aromatic rings. The van der Waals surface area contributed by atoms with Gasteiger partial charge >= 0.3 is 0 Å². The van der Waals surface area contributed by atoms with Gasteiger partial charge in [-0.25, -0.2) is 9.97 Å². The van der Waals surface area contributed by atoms with Gasteiger partial charge in [-0.1, -0.05) is 0 Å². The van der Waals surface area contributed by atoms with Gasteiger partial charge in [0.1, 0.15) is 22.4 Å². The number of methoxy groups -OCH3 is 1. The highest BCUT2D eigenvalue weighted by Gasteiger charge is 2.31. The number of anilines is 2. The molecular formula is C11H17BrN4O. The monoisotopic (exact) mass is 300 g/mol. The molecule has 5 nitrogen and oxygen atoms in total. The van der Waals surface area contributed by atoms with Gasteiger partial charge in [0.05, 0.1) is 6.61 Å². The van der Waals surface area contributed by atoms with Crippen molar-refractivity contribution in [2.24, 2.45) is 0 Å². The quantitative estimate of drug-likeness (QED) is 0.869. The molecule has 1 fully saturated rings. The molecule has 0 bridgehead atoms. The number of nitrogens with one attached hydrogen (secondary N) is 1. The summed E-state index contributed by atoms with van der Waals surface area (Å²) in [6.07, 6.45) is 4.05. The Bertz CT molecular complexity index is 384. The van der Waals surface area contributed by atoms with Crippen molar-refractivity contribution in [3.63, 3.8) is 0 Å². The van der Waals surface area contributed by atoms with Gasteiger partial charge in [-0.05, 0) is 28.8 Å². The molecule has 1 saturated carbocycles. The predicted octanol–water partition coefficient (Wildman–Crippen LogP) is 1.90. The maximum atomic E-state index is 5.15. The lowest BCUT2D eigenvalue weighted by Crippen LogP contribution is -2.30. The van der Waals surface area contributed by atoms with Crippen LogP contribution in [0.25, 0.3) is 0 Å². The lowest BCUT2D eigenvalue weighted by Gasteiger charge is -2.24. The maximum absolute atomic E-state index is 5.15. The van der Waals surface area contributed by atoms with E-state index in [2.05, 4.69) is 36.1 Å². The molecule has 0 atom stereocenters. The lowest BCUT2D eigenvalue weighted by atomic mass is 10.4. The number of hydrogen-bond donors (Lipinski definition) is 1. The highest BCUT2D eigenvalue weighted by Crippen LogP contribution is 2.36. The summed E-state index contributed by atoms with van der Waals surface area (Å²) in [4.78, 5) is 10.8. The Kier molecular flexibility index (Phi) is 4.17. The molecule has 6 heteroatoms. The average molecular weight is 301 g/mol. The van der Waals surface area contributed by atoms with Gasteiger partial charge in [-0.3, -0.25) is 0 Å². The third-order valence-corrected chi connectivity index (χ3v) is 3.53. The van der Waals surface area contributed by atoms with Crippen molar-refractivity contribution in [2.75, 3.05) is 37.5 Å². The molecule has 1 aromatic heterocycles. The van der Waals surface area contributed by atoms with Crippen molar-refractivity contribution in [1.82, 2.24) is 9.97 Å². The molecule has 0 radical (unpaired) electrons. The van der Waals surface area contributed by atoms with E-state index in [1.165, 1.54) is 12.8 Å². The molecular weight excluding hydrogens is 284 g/mol. The molecule has 1 N–H and O–H groups in total. The van der Waals surface area contributed by atoms with Crippen LogP contribution >= 0.6 is 15.9 Å². The molecule has 0 unspecified atom stereocenters.